The van der Waals surface area contributed by atoms with Gasteiger partial charge in [-0.3, -0.25) is 0 Å². The first-order valence-electron chi connectivity index (χ1n) is 8.00. The molecule has 2 aliphatic rings. The molecule has 0 N–H and O–H groups in total. The Morgan fingerprint density at radius 1 is 1.14 bits per heavy atom. The quantitative estimate of drug-likeness (QED) is 0.850. The Hall–Kier alpha value is -1.85. The Labute approximate surface area is 126 Å². The first-order chi connectivity index (χ1) is 10.3. The molecular weight excluding hydrogens is 256 g/mol. The van der Waals surface area contributed by atoms with Crippen LogP contribution in [0.5, 0.6) is 0 Å². The molecule has 0 spiro atoms. The van der Waals surface area contributed by atoms with Crippen LogP contribution >= 0.6 is 0 Å². The zero-order valence-corrected chi connectivity index (χ0v) is 12.3. The molecule has 2 fully saturated rings. The summed E-state index contributed by atoms with van der Waals surface area (Å²) in [5.41, 5.74) is 2.24. The van der Waals surface area contributed by atoms with Gasteiger partial charge in [0, 0.05) is 6.54 Å². The average molecular weight is 276 g/mol. The van der Waals surface area contributed by atoms with Crippen molar-refractivity contribution < 1.29 is 0 Å². The van der Waals surface area contributed by atoms with E-state index in [0.29, 0.717) is 0 Å². The van der Waals surface area contributed by atoms with Crippen molar-refractivity contribution >= 4 is 10.8 Å². The molecule has 2 unspecified atom stereocenters. The molecule has 4 rings (SSSR count). The van der Waals surface area contributed by atoms with Crippen LogP contribution in [-0.4, -0.2) is 24.5 Å². The van der Waals surface area contributed by atoms with Crippen LogP contribution in [0, 0.1) is 17.2 Å². The lowest BCUT2D eigenvalue weighted by atomic mass is 9.98. The van der Waals surface area contributed by atoms with Crippen molar-refractivity contribution in [2.75, 3.05) is 19.6 Å². The van der Waals surface area contributed by atoms with E-state index in [-0.39, 0.29) is 0 Å². The highest BCUT2D eigenvalue weighted by Gasteiger charge is 2.40. The van der Waals surface area contributed by atoms with Crippen LogP contribution in [0.25, 0.3) is 10.8 Å². The zero-order valence-electron chi connectivity index (χ0n) is 12.3. The third-order valence-corrected chi connectivity index (χ3v) is 5.06. The second kappa shape index (κ2) is 5.16. The van der Waals surface area contributed by atoms with Crippen LogP contribution in [0.1, 0.15) is 36.3 Å². The molecule has 0 bridgehead atoms. The van der Waals surface area contributed by atoms with E-state index >= 15 is 0 Å². The van der Waals surface area contributed by atoms with Gasteiger partial charge in [-0.15, -0.1) is 0 Å². The first kappa shape index (κ1) is 12.9. The number of rotatable bonds is 3. The summed E-state index contributed by atoms with van der Waals surface area (Å²) in [6.45, 7) is 3.87. The molecule has 106 valence electrons. The molecule has 0 amide bonds. The third kappa shape index (κ3) is 2.43. The van der Waals surface area contributed by atoms with Gasteiger partial charge in [-0.1, -0.05) is 24.3 Å². The Morgan fingerprint density at radius 2 is 2.00 bits per heavy atom. The number of hydrogen-bond acceptors (Lipinski definition) is 2. The SMILES string of the molecule is N#Cc1ccc2c(C3CC3CN3CCCC3)cccc2c1. The van der Waals surface area contributed by atoms with Crippen LogP contribution in [0.4, 0.5) is 0 Å². The van der Waals surface area contributed by atoms with Gasteiger partial charge in [-0.2, -0.15) is 5.26 Å². The molecular formula is C19H20N2. The van der Waals surface area contributed by atoms with E-state index < -0.39 is 0 Å². The van der Waals surface area contributed by atoms with Gasteiger partial charge in [-0.05, 0) is 72.7 Å². The van der Waals surface area contributed by atoms with Crippen LogP contribution in [-0.2, 0) is 0 Å². The monoisotopic (exact) mass is 276 g/mol. The lowest BCUT2D eigenvalue weighted by Crippen LogP contribution is -2.22. The molecule has 2 aromatic rings. The fourth-order valence-corrected chi connectivity index (χ4v) is 3.83. The van der Waals surface area contributed by atoms with E-state index in [0.717, 1.165) is 17.4 Å². The highest BCUT2D eigenvalue weighted by atomic mass is 15.1. The van der Waals surface area contributed by atoms with Gasteiger partial charge in [0.1, 0.15) is 0 Å². The zero-order chi connectivity index (χ0) is 14.2. The van der Waals surface area contributed by atoms with E-state index in [2.05, 4.69) is 35.2 Å². The largest absolute Gasteiger partial charge is 0.303 e. The maximum absolute atomic E-state index is 9.03. The number of benzene rings is 2. The normalized spacial score (nSPS) is 25.1. The minimum absolute atomic E-state index is 0.724. The summed E-state index contributed by atoms with van der Waals surface area (Å²) in [7, 11) is 0. The highest BCUT2D eigenvalue weighted by Crippen LogP contribution is 2.50. The van der Waals surface area contributed by atoms with Crippen LogP contribution in [0.15, 0.2) is 36.4 Å². The van der Waals surface area contributed by atoms with Crippen molar-refractivity contribution in [1.29, 1.82) is 5.26 Å². The van der Waals surface area contributed by atoms with Gasteiger partial charge < -0.3 is 4.90 Å². The van der Waals surface area contributed by atoms with E-state index in [1.807, 2.05) is 12.1 Å². The number of nitriles is 1. The third-order valence-electron chi connectivity index (χ3n) is 5.06. The molecule has 2 nitrogen and oxygen atoms in total. The number of hydrogen-bond donors (Lipinski definition) is 0. The predicted octanol–water partition coefficient (Wildman–Crippen LogP) is 3.91. The maximum atomic E-state index is 9.03. The van der Waals surface area contributed by atoms with Crippen molar-refractivity contribution in [2.24, 2.45) is 5.92 Å². The molecule has 1 heterocycles. The standard InChI is InChI=1S/C19H20N2/c20-12-14-6-7-17-15(10-14)4-3-5-18(17)19-11-16(19)13-21-8-1-2-9-21/h3-7,10,16,19H,1-2,8-9,11,13H2. The summed E-state index contributed by atoms with van der Waals surface area (Å²) in [6.07, 6.45) is 4.08. The van der Waals surface area contributed by atoms with Gasteiger partial charge in [0.05, 0.1) is 11.6 Å². The first-order valence-corrected chi connectivity index (χ1v) is 8.00. The van der Waals surface area contributed by atoms with Crippen molar-refractivity contribution in [3.8, 4) is 6.07 Å². The summed E-state index contributed by atoms with van der Waals surface area (Å²) >= 11 is 0. The fourth-order valence-electron chi connectivity index (χ4n) is 3.83. The lowest BCUT2D eigenvalue weighted by Gasteiger charge is -2.14. The van der Waals surface area contributed by atoms with Gasteiger partial charge in [0.15, 0.2) is 0 Å². The summed E-state index contributed by atoms with van der Waals surface area (Å²) in [5, 5.41) is 11.6. The van der Waals surface area contributed by atoms with Gasteiger partial charge in [0.2, 0.25) is 0 Å². The molecule has 0 aromatic heterocycles. The predicted molar refractivity (Wildman–Crippen MR) is 85.2 cm³/mol. The molecule has 1 aliphatic heterocycles. The second-order valence-electron chi connectivity index (χ2n) is 6.50. The van der Waals surface area contributed by atoms with E-state index in [1.54, 1.807) is 0 Å². The average Bonchev–Trinajstić information content (AvgIpc) is 3.08. The topological polar surface area (TPSA) is 27.0 Å². The minimum atomic E-state index is 0.724. The Bertz CT molecular complexity index is 707. The summed E-state index contributed by atoms with van der Waals surface area (Å²) in [5.74, 6) is 1.56. The molecule has 2 aromatic carbocycles. The minimum Gasteiger partial charge on any atom is -0.303 e. The Balaban J connectivity index is 1.58. The van der Waals surface area contributed by atoms with Crippen molar-refractivity contribution in [3.63, 3.8) is 0 Å². The van der Waals surface area contributed by atoms with Crippen molar-refractivity contribution in [3.05, 3.63) is 47.5 Å². The van der Waals surface area contributed by atoms with E-state index in [1.165, 1.54) is 55.2 Å². The highest BCUT2D eigenvalue weighted by molar-refractivity contribution is 5.87. The summed E-state index contributed by atoms with van der Waals surface area (Å²) < 4.78 is 0. The molecule has 1 saturated heterocycles. The van der Waals surface area contributed by atoms with E-state index in [4.69, 9.17) is 5.26 Å². The molecule has 1 aliphatic carbocycles. The second-order valence-corrected chi connectivity index (χ2v) is 6.50. The summed E-state index contributed by atoms with van der Waals surface area (Å²) in [4.78, 5) is 2.63. The van der Waals surface area contributed by atoms with Gasteiger partial charge in [0.25, 0.3) is 0 Å². The molecule has 1 saturated carbocycles. The fraction of sp³-hybridized carbons (Fsp3) is 0.421. The van der Waals surface area contributed by atoms with Crippen LogP contribution in [0.3, 0.4) is 0 Å². The smallest absolute Gasteiger partial charge is 0.0991 e. The number of fused-ring (bicyclic) bond motifs is 1. The van der Waals surface area contributed by atoms with Gasteiger partial charge >= 0.3 is 0 Å². The summed E-state index contributed by atoms with van der Waals surface area (Å²) in [6, 6.07) is 14.9. The number of nitrogens with zero attached hydrogens (tertiary/aromatic N) is 2. The van der Waals surface area contributed by atoms with Crippen LogP contribution < -0.4 is 0 Å². The molecule has 0 radical (unpaired) electrons. The Kier molecular flexibility index (Phi) is 3.16. The van der Waals surface area contributed by atoms with Gasteiger partial charge in [-0.25, -0.2) is 0 Å². The van der Waals surface area contributed by atoms with Crippen molar-refractivity contribution in [1.82, 2.24) is 4.90 Å². The lowest BCUT2D eigenvalue weighted by molar-refractivity contribution is 0.322. The van der Waals surface area contributed by atoms with Crippen molar-refractivity contribution in [2.45, 2.75) is 25.2 Å². The molecule has 2 atom stereocenters. The van der Waals surface area contributed by atoms with E-state index in [9.17, 15) is 0 Å². The maximum Gasteiger partial charge on any atom is 0.0991 e. The van der Waals surface area contributed by atoms with Crippen LogP contribution in [0.2, 0.25) is 0 Å². The number of likely N-dealkylation sites (tertiary alicyclic amines) is 1. The Morgan fingerprint density at radius 3 is 2.81 bits per heavy atom. The molecule has 2 heteroatoms. The molecule has 21 heavy (non-hydrogen) atoms.